The average molecular weight is 610 g/mol. The van der Waals surface area contributed by atoms with Crippen molar-refractivity contribution in [1.82, 2.24) is 24.3 Å². The summed E-state index contributed by atoms with van der Waals surface area (Å²) in [6.07, 6.45) is 2.26. The van der Waals surface area contributed by atoms with Gasteiger partial charge in [0.1, 0.15) is 11.4 Å². The van der Waals surface area contributed by atoms with E-state index in [1.807, 2.05) is 59.9 Å². The van der Waals surface area contributed by atoms with Crippen LogP contribution in [0.4, 0.5) is 0 Å². The molecule has 10 heteroatoms. The van der Waals surface area contributed by atoms with Crippen LogP contribution < -0.4 is 0 Å². The van der Waals surface area contributed by atoms with Crippen LogP contribution >= 0.6 is 11.6 Å². The third-order valence-corrected chi connectivity index (χ3v) is 7.92. The maximum atomic E-state index is 12.7. The van der Waals surface area contributed by atoms with Gasteiger partial charge in [-0.2, -0.15) is 5.10 Å². The average Bonchev–Trinajstić information content (AvgIpc) is 3.50. The van der Waals surface area contributed by atoms with Crippen LogP contribution in [-0.2, 0) is 23.6 Å². The largest absolute Gasteiger partial charge is 0.507 e. The van der Waals surface area contributed by atoms with E-state index in [1.54, 1.807) is 46.0 Å². The van der Waals surface area contributed by atoms with Crippen molar-refractivity contribution < 1.29 is 19.7 Å². The van der Waals surface area contributed by atoms with Crippen molar-refractivity contribution in [2.24, 2.45) is 14.1 Å². The van der Waals surface area contributed by atoms with Gasteiger partial charge in [-0.1, -0.05) is 17.7 Å². The quantitative estimate of drug-likeness (QED) is 0.201. The number of benzene rings is 2. The number of phenolic OH excluding ortho intramolecular Hbond substituents is 1. The van der Waals surface area contributed by atoms with Crippen LogP contribution in [0.2, 0.25) is 5.02 Å². The molecule has 9 nitrogen and oxygen atoms in total. The Bertz CT molecular complexity index is 2090. The number of aryl methyl sites for hydroxylation is 3. The molecule has 44 heavy (non-hydrogen) atoms. The monoisotopic (exact) mass is 609 g/mol. The fourth-order valence-corrected chi connectivity index (χ4v) is 5.88. The molecule has 0 radical (unpaired) electrons. The molecule has 0 amide bonds. The number of carboxylic acids is 1. The lowest BCUT2D eigenvalue weighted by Crippen LogP contribution is -2.28. The minimum absolute atomic E-state index is 0.0760. The number of aliphatic carboxylic acids is 1. The van der Waals surface area contributed by atoms with E-state index in [0.29, 0.717) is 38.4 Å². The van der Waals surface area contributed by atoms with E-state index in [1.165, 1.54) is 6.07 Å². The number of hydrogen-bond acceptors (Lipinski definition) is 6. The third kappa shape index (κ3) is 5.18. The molecule has 6 rings (SSSR count). The summed E-state index contributed by atoms with van der Waals surface area (Å²) in [5, 5.41) is 27.8. The summed E-state index contributed by atoms with van der Waals surface area (Å²) in [5.41, 5.74) is 6.18. The minimum Gasteiger partial charge on any atom is -0.507 e. The predicted molar refractivity (Wildman–Crippen MR) is 172 cm³/mol. The van der Waals surface area contributed by atoms with E-state index in [0.717, 1.165) is 33.4 Å². The van der Waals surface area contributed by atoms with E-state index in [4.69, 9.17) is 21.3 Å². The van der Waals surface area contributed by atoms with Crippen LogP contribution in [0.15, 0.2) is 67.0 Å². The van der Waals surface area contributed by atoms with Gasteiger partial charge in [-0.05, 0) is 76.2 Å². The molecular formula is C34H32ClN5O4. The molecule has 0 saturated carbocycles. The number of halogens is 1. The highest BCUT2D eigenvalue weighted by atomic mass is 35.5. The first kappa shape index (κ1) is 29.3. The van der Waals surface area contributed by atoms with Gasteiger partial charge in [-0.3, -0.25) is 9.67 Å². The Balaban J connectivity index is 1.59. The first-order chi connectivity index (χ1) is 20.8. The van der Waals surface area contributed by atoms with Gasteiger partial charge in [-0.15, -0.1) is 0 Å². The lowest BCUT2D eigenvalue weighted by atomic mass is 9.91. The number of pyridine rings is 2. The Morgan fingerprint density at radius 1 is 1.02 bits per heavy atom. The van der Waals surface area contributed by atoms with Crippen molar-refractivity contribution >= 4 is 39.5 Å². The minimum atomic E-state index is -1.34. The van der Waals surface area contributed by atoms with Gasteiger partial charge >= 0.3 is 5.97 Å². The van der Waals surface area contributed by atoms with E-state index in [9.17, 15) is 15.0 Å². The molecule has 6 aromatic rings. The number of carboxylic acid groups (broad SMARTS) is 1. The maximum Gasteiger partial charge on any atom is 0.337 e. The number of rotatable bonds is 6. The van der Waals surface area contributed by atoms with Crippen LogP contribution in [0.25, 0.3) is 55.6 Å². The molecule has 224 valence electrons. The molecular weight excluding hydrogens is 578 g/mol. The van der Waals surface area contributed by atoms with Gasteiger partial charge in [0.25, 0.3) is 0 Å². The topological polar surface area (TPSA) is 115 Å². The van der Waals surface area contributed by atoms with E-state index in [2.05, 4.69) is 16.1 Å². The molecule has 2 N–H and O–H groups in total. The molecule has 4 heterocycles. The number of nitrogens with zero attached hydrogens (tertiary/aromatic N) is 5. The van der Waals surface area contributed by atoms with Crippen LogP contribution in [0, 0.1) is 6.92 Å². The zero-order chi connectivity index (χ0) is 31.5. The fraction of sp³-hybridized carbons (Fsp3) is 0.235. The summed E-state index contributed by atoms with van der Waals surface area (Å²) >= 11 is 6.20. The smallest absolute Gasteiger partial charge is 0.337 e. The molecule has 0 aliphatic heterocycles. The Hall–Kier alpha value is -4.73. The molecule has 2 aromatic carbocycles. The fourth-order valence-electron chi connectivity index (χ4n) is 5.72. The molecule has 0 spiro atoms. The normalized spacial score (nSPS) is 12.7. The summed E-state index contributed by atoms with van der Waals surface area (Å²) in [4.78, 5) is 22.2. The summed E-state index contributed by atoms with van der Waals surface area (Å²) < 4.78 is 9.89. The van der Waals surface area contributed by atoms with Gasteiger partial charge in [-0.25, -0.2) is 9.78 Å². The number of phenols is 1. The molecule has 0 fully saturated rings. The first-order valence-corrected chi connectivity index (χ1v) is 14.5. The van der Waals surface area contributed by atoms with Crippen molar-refractivity contribution in [3.8, 4) is 39.4 Å². The van der Waals surface area contributed by atoms with Gasteiger partial charge in [0.05, 0.1) is 28.7 Å². The summed E-state index contributed by atoms with van der Waals surface area (Å²) in [6.45, 7) is 7.17. The highest BCUT2D eigenvalue weighted by Crippen LogP contribution is 2.44. The second kappa shape index (κ2) is 10.8. The second-order valence-corrected chi connectivity index (χ2v) is 12.3. The zero-order valence-corrected chi connectivity index (χ0v) is 26.0. The van der Waals surface area contributed by atoms with Crippen LogP contribution in [-0.4, -0.2) is 46.1 Å². The van der Waals surface area contributed by atoms with Gasteiger partial charge < -0.3 is 19.5 Å². The third-order valence-electron chi connectivity index (χ3n) is 7.69. The first-order valence-electron chi connectivity index (χ1n) is 14.1. The van der Waals surface area contributed by atoms with E-state index >= 15 is 0 Å². The lowest BCUT2D eigenvalue weighted by Gasteiger charge is -2.28. The molecule has 0 saturated heterocycles. The molecule has 1 atom stereocenters. The zero-order valence-electron chi connectivity index (χ0n) is 25.3. The van der Waals surface area contributed by atoms with Gasteiger partial charge in [0, 0.05) is 69.6 Å². The van der Waals surface area contributed by atoms with Crippen molar-refractivity contribution in [3.05, 3.63) is 83.3 Å². The van der Waals surface area contributed by atoms with Crippen molar-refractivity contribution in [2.45, 2.75) is 39.4 Å². The predicted octanol–water partition coefficient (Wildman–Crippen LogP) is 7.46. The van der Waals surface area contributed by atoms with Crippen LogP contribution in [0.1, 0.15) is 38.1 Å². The van der Waals surface area contributed by atoms with Crippen molar-refractivity contribution in [1.29, 1.82) is 0 Å². The molecule has 0 bridgehead atoms. The Labute approximate surface area is 259 Å². The Kier molecular flexibility index (Phi) is 7.18. The second-order valence-electron chi connectivity index (χ2n) is 11.9. The molecule has 0 unspecified atom stereocenters. The summed E-state index contributed by atoms with van der Waals surface area (Å²) in [6, 6.07) is 16.8. The van der Waals surface area contributed by atoms with E-state index in [-0.39, 0.29) is 5.75 Å². The van der Waals surface area contributed by atoms with Gasteiger partial charge in [0.15, 0.2) is 6.10 Å². The number of hydrogen-bond donors (Lipinski definition) is 2. The molecule has 0 aliphatic carbocycles. The number of aromatic nitrogens is 5. The highest BCUT2D eigenvalue weighted by Gasteiger charge is 2.33. The highest BCUT2D eigenvalue weighted by molar-refractivity contribution is 6.30. The van der Waals surface area contributed by atoms with Crippen molar-refractivity contribution in [2.75, 3.05) is 0 Å². The summed E-state index contributed by atoms with van der Waals surface area (Å²) in [5.74, 6) is -1.23. The SMILES string of the molecule is Cc1nc2c(cc(-c3ccnc(-c4ccc5c(cnn5C)c4)c3)n2C)c(-c2ccc(Cl)cc2O)c1[C@H](OC(C)(C)C)C(=O)O. The number of fused-ring (bicyclic) bond motifs is 2. The number of ether oxygens (including phenoxy) is 1. The summed E-state index contributed by atoms with van der Waals surface area (Å²) in [7, 11) is 3.82. The molecule has 4 aromatic heterocycles. The maximum absolute atomic E-state index is 12.7. The molecule has 0 aliphatic rings. The van der Waals surface area contributed by atoms with Crippen LogP contribution in [0.3, 0.4) is 0 Å². The Morgan fingerprint density at radius 3 is 2.50 bits per heavy atom. The number of carbonyl (C=O) groups is 1. The van der Waals surface area contributed by atoms with Crippen molar-refractivity contribution in [3.63, 3.8) is 0 Å². The van der Waals surface area contributed by atoms with Crippen LogP contribution in [0.5, 0.6) is 5.75 Å². The Morgan fingerprint density at radius 2 is 1.80 bits per heavy atom. The van der Waals surface area contributed by atoms with Gasteiger partial charge in [0.2, 0.25) is 0 Å². The standard InChI is InChI=1S/C34H32ClN5O4/c1-18-29(31(33(42)43)44-34(2,3)4)30(23-9-8-22(35)15-28(23)41)24-16-27(39(5)32(24)38-18)20-11-12-36-25(14-20)19-7-10-26-21(13-19)17-37-40(26)6/h7-17,31,41H,1-6H3,(H,42,43)/t31-/m0/s1. The number of aromatic hydroxyl groups is 1. The van der Waals surface area contributed by atoms with E-state index < -0.39 is 17.7 Å². The lowest BCUT2D eigenvalue weighted by molar-refractivity contribution is -0.160.